The molecule has 0 saturated carbocycles. The minimum absolute atomic E-state index is 0.0371. The van der Waals surface area contributed by atoms with Gasteiger partial charge in [0.15, 0.2) is 0 Å². The third-order valence-electron chi connectivity index (χ3n) is 3.55. The van der Waals surface area contributed by atoms with Crippen LogP contribution in [0.3, 0.4) is 0 Å². The molecule has 0 radical (unpaired) electrons. The normalized spacial score (nSPS) is 14.0. The second-order valence-corrected chi connectivity index (χ2v) is 5.21. The fraction of sp³-hybridized carbons (Fsp3) is 0.118. The Labute approximate surface area is 137 Å². The Morgan fingerprint density at radius 3 is 2.62 bits per heavy atom. The van der Waals surface area contributed by atoms with E-state index in [2.05, 4.69) is 10.3 Å². The lowest BCUT2D eigenvalue weighted by atomic mass is 10.1. The van der Waals surface area contributed by atoms with Crippen LogP contribution in [-0.2, 0) is 9.59 Å². The molecular weight excluding hydrogens is 310 g/mol. The maximum absolute atomic E-state index is 12.1. The number of aliphatic hydroxyl groups excluding tert-OH is 1. The summed E-state index contributed by atoms with van der Waals surface area (Å²) in [5.41, 5.74) is 1.96. The molecule has 0 bridgehead atoms. The average Bonchev–Trinajstić information content (AvgIpc) is 2.83. The van der Waals surface area contributed by atoms with Gasteiger partial charge in [0.1, 0.15) is 5.70 Å². The van der Waals surface area contributed by atoms with Crippen molar-refractivity contribution in [3.05, 3.63) is 64.6 Å². The van der Waals surface area contributed by atoms with Crippen LogP contribution in [0, 0.1) is 0 Å². The van der Waals surface area contributed by atoms with Crippen molar-refractivity contribution in [3.8, 4) is 11.3 Å². The molecule has 0 unspecified atom stereocenters. The number of aliphatic hydroxyl groups is 1. The van der Waals surface area contributed by atoms with Crippen LogP contribution >= 0.6 is 0 Å². The minimum Gasteiger partial charge on any atom is -0.395 e. The summed E-state index contributed by atoms with van der Waals surface area (Å²) in [7, 11) is 0. The number of amides is 2. The van der Waals surface area contributed by atoms with Gasteiger partial charge in [-0.2, -0.15) is 0 Å². The molecule has 0 atom stereocenters. The first-order chi connectivity index (χ1) is 11.6. The third-order valence-corrected chi connectivity index (χ3v) is 3.55. The second-order valence-electron chi connectivity index (χ2n) is 5.21. The highest BCUT2D eigenvalue weighted by atomic mass is 16.3. The van der Waals surface area contributed by atoms with E-state index in [-0.39, 0.29) is 24.4 Å². The van der Waals surface area contributed by atoms with Crippen LogP contribution in [0.25, 0.3) is 11.3 Å². The number of nitrogens with zero attached hydrogens (tertiary/aromatic N) is 1. The van der Waals surface area contributed by atoms with Crippen LogP contribution < -0.4 is 10.9 Å². The molecule has 1 aliphatic heterocycles. The average molecular weight is 325 g/mol. The highest BCUT2D eigenvalue weighted by Crippen LogP contribution is 2.22. The minimum atomic E-state index is -0.479. The van der Waals surface area contributed by atoms with Crippen molar-refractivity contribution in [2.24, 2.45) is 0 Å². The largest absolute Gasteiger partial charge is 0.395 e. The first-order valence-electron chi connectivity index (χ1n) is 7.33. The number of benzene rings is 1. The van der Waals surface area contributed by atoms with Gasteiger partial charge >= 0.3 is 0 Å². The van der Waals surface area contributed by atoms with Crippen molar-refractivity contribution >= 4 is 17.5 Å². The van der Waals surface area contributed by atoms with Crippen molar-refractivity contribution < 1.29 is 14.7 Å². The van der Waals surface area contributed by atoms with E-state index in [1.807, 2.05) is 6.07 Å². The topological polar surface area (TPSA) is 102 Å². The molecule has 7 heteroatoms. The molecule has 1 aliphatic rings. The van der Waals surface area contributed by atoms with Gasteiger partial charge < -0.3 is 15.4 Å². The van der Waals surface area contributed by atoms with Crippen LogP contribution in [-0.4, -0.2) is 40.0 Å². The van der Waals surface area contributed by atoms with E-state index in [0.29, 0.717) is 11.4 Å². The number of rotatable bonds is 5. The van der Waals surface area contributed by atoms with Gasteiger partial charge in [0.05, 0.1) is 13.2 Å². The highest BCUT2D eigenvalue weighted by Gasteiger charge is 2.30. The molecule has 1 aromatic carbocycles. The number of carbonyl (C=O) groups is 2. The summed E-state index contributed by atoms with van der Waals surface area (Å²) in [5, 5.41) is 11.8. The Morgan fingerprint density at radius 2 is 1.88 bits per heavy atom. The Hall–Kier alpha value is -3.19. The van der Waals surface area contributed by atoms with Gasteiger partial charge in [-0.05, 0) is 18.2 Å². The summed E-state index contributed by atoms with van der Waals surface area (Å²) >= 11 is 0. The quantitative estimate of drug-likeness (QED) is 0.702. The number of pyridine rings is 1. The fourth-order valence-corrected chi connectivity index (χ4v) is 2.45. The number of imide groups is 1. The standard InChI is InChI=1S/C17H15N3O4/c21-8-7-20-16(23)10-14(17(20)24)18-12-4-1-3-11(9-12)13-5-2-6-15(22)19-13/h1-6,9-10,18,21H,7-8H2,(H,19,22). The van der Waals surface area contributed by atoms with Gasteiger partial charge in [0.25, 0.3) is 11.8 Å². The van der Waals surface area contributed by atoms with E-state index in [0.717, 1.165) is 10.5 Å². The molecule has 1 aromatic heterocycles. The van der Waals surface area contributed by atoms with E-state index in [1.54, 1.807) is 30.3 Å². The molecule has 24 heavy (non-hydrogen) atoms. The molecule has 7 nitrogen and oxygen atoms in total. The maximum atomic E-state index is 12.1. The molecule has 3 N–H and O–H groups in total. The molecule has 0 spiro atoms. The molecular formula is C17H15N3O4. The third kappa shape index (κ3) is 3.11. The predicted octanol–water partition coefficient (Wildman–Crippen LogP) is 0.699. The van der Waals surface area contributed by atoms with Crippen molar-refractivity contribution in [2.75, 3.05) is 18.5 Å². The Balaban J connectivity index is 1.83. The van der Waals surface area contributed by atoms with Gasteiger partial charge in [-0.1, -0.05) is 18.2 Å². The van der Waals surface area contributed by atoms with E-state index < -0.39 is 11.8 Å². The van der Waals surface area contributed by atoms with Gasteiger partial charge in [-0.15, -0.1) is 0 Å². The summed E-state index contributed by atoms with van der Waals surface area (Å²) in [6.07, 6.45) is 1.20. The van der Waals surface area contributed by atoms with Crippen LogP contribution in [0.15, 0.2) is 59.0 Å². The highest BCUT2D eigenvalue weighted by molar-refractivity contribution is 6.17. The van der Waals surface area contributed by atoms with Crippen molar-refractivity contribution in [1.82, 2.24) is 9.88 Å². The van der Waals surface area contributed by atoms with E-state index >= 15 is 0 Å². The lowest BCUT2D eigenvalue weighted by Gasteiger charge is -2.13. The molecule has 0 fully saturated rings. The molecule has 0 aliphatic carbocycles. The Kier molecular flexibility index (Phi) is 4.26. The number of carbonyl (C=O) groups excluding carboxylic acids is 2. The summed E-state index contributed by atoms with van der Waals surface area (Å²) in [5.74, 6) is -0.937. The van der Waals surface area contributed by atoms with E-state index in [1.165, 1.54) is 12.1 Å². The van der Waals surface area contributed by atoms with E-state index in [9.17, 15) is 14.4 Å². The molecule has 2 heterocycles. The molecule has 2 amide bonds. The Morgan fingerprint density at radius 1 is 1.08 bits per heavy atom. The van der Waals surface area contributed by atoms with Crippen molar-refractivity contribution in [1.29, 1.82) is 0 Å². The zero-order chi connectivity index (χ0) is 17.1. The van der Waals surface area contributed by atoms with Gasteiger partial charge in [0, 0.05) is 29.1 Å². The zero-order valence-corrected chi connectivity index (χ0v) is 12.7. The van der Waals surface area contributed by atoms with Crippen LogP contribution in [0.4, 0.5) is 5.69 Å². The molecule has 122 valence electrons. The number of H-pyrrole nitrogens is 1. The molecule has 2 aromatic rings. The number of hydrogen-bond acceptors (Lipinski definition) is 5. The van der Waals surface area contributed by atoms with Gasteiger partial charge in [0.2, 0.25) is 5.56 Å². The second kappa shape index (κ2) is 6.51. The van der Waals surface area contributed by atoms with Crippen LogP contribution in [0.2, 0.25) is 0 Å². The number of anilines is 1. The first kappa shape index (κ1) is 15.7. The summed E-state index contributed by atoms with van der Waals surface area (Å²) in [6.45, 7) is -0.319. The lowest BCUT2D eigenvalue weighted by Crippen LogP contribution is -2.34. The van der Waals surface area contributed by atoms with E-state index in [4.69, 9.17) is 5.11 Å². The van der Waals surface area contributed by atoms with Gasteiger partial charge in [-0.3, -0.25) is 19.3 Å². The number of aromatic amines is 1. The monoisotopic (exact) mass is 325 g/mol. The maximum Gasteiger partial charge on any atom is 0.277 e. The number of nitrogens with one attached hydrogen (secondary N) is 2. The van der Waals surface area contributed by atoms with Crippen LogP contribution in [0.1, 0.15) is 0 Å². The van der Waals surface area contributed by atoms with Crippen molar-refractivity contribution in [2.45, 2.75) is 0 Å². The fourth-order valence-electron chi connectivity index (χ4n) is 2.45. The molecule has 0 saturated heterocycles. The number of β-amino-alcohol motifs (C(OH)–C–C–N with tert-alkyl or cyclic N) is 1. The molecule has 3 rings (SSSR count). The van der Waals surface area contributed by atoms with Crippen molar-refractivity contribution in [3.63, 3.8) is 0 Å². The predicted molar refractivity (Wildman–Crippen MR) is 88.0 cm³/mol. The number of hydrogen-bond donors (Lipinski definition) is 3. The zero-order valence-electron chi connectivity index (χ0n) is 12.7. The van der Waals surface area contributed by atoms with Gasteiger partial charge in [-0.25, -0.2) is 0 Å². The lowest BCUT2D eigenvalue weighted by molar-refractivity contribution is -0.137. The smallest absolute Gasteiger partial charge is 0.277 e. The van der Waals surface area contributed by atoms with Crippen LogP contribution in [0.5, 0.6) is 0 Å². The first-order valence-corrected chi connectivity index (χ1v) is 7.33. The summed E-state index contributed by atoms with van der Waals surface area (Å²) < 4.78 is 0. The SMILES string of the molecule is O=C1C=C(Nc2cccc(-c3cccc(=O)[nH]3)c2)C(=O)N1CCO. The Bertz CT molecular complexity index is 885. The summed E-state index contributed by atoms with van der Waals surface area (Å²) in [4.78, 5) is 39.0. The summed E-state index contributed by atoms with van der Waals surface area (Å²) in [6, 6.07) is 12.0. The number of aromatic nitrogens is 1.